The molecule has 2 aromatic rings. The maximum absolute atomic E-state index is 12.0. The van der Waals surface area contributed by atoms with Gasteiger partial charge in [-0.1, -0.05) is 12.1 Å². The zero-order valence-electron chi connectivity index (χ0n) is 12.2. The number of nitrogens with one attached hydrogen (secondary N) is 1. The van der Waals surface area contributed by atoms with E-state index in [0.717, 1.165) is 5.56 Å². The number of benzene rings is 1. The second-order valence-electron chi connectivity index (χ2n) is 4.73. The molecule has 0 saturated heterocycles. The summed E-state index contributed by atoms with van der Waals surface area (Å²) < 4.78 is 4.58. The lowest BCUT2D eigenvalue weighted by molar-refractivity contribution is -0.142. The SMILES string of the molecule is COC(=O)C(N)Cc1ccc(NC(=O)c2cccnc2)cc1. The summed E-state index contributed by atoms with van der Waals surface area (Å²) in [6.07, 6.45) is 3.48. The van der Waals surface area contributed by atoms with Gasteiger partial charge < -0.3 is 15.8 Å². The van der Waals surface area contributed by atoms with Crippen LogP contribution in [-0.2, 0) is 16.0 Å². The minimum atomic E-state index is -0.694. The first-order chi connectivity index (χ1) is 10.6. The summed E-state index contributed by atoms with van der Waals surface area (Å²) >= 11 is 0. The second kappa shape index (κ2) is 7.33. The third-order valence-corrected chi connectivity index (χ3v) is 3.10. The summed E-state index contributed by atoms with van der Waals surface area (Å²) in [5, 5.41) is 2.77. The van der Waals surface area contributed by atoms with E-state index in [9.17, 15) is 9.59 Å². The molecule has 22 heavy (non-hydrogen) atoms. The van der Waals surface area contributed by atoms with Crippen molar-refractivity contribution in [2.24, 2.45) is 5.73 Å². The minimum absolute atomic E-state index is 0.230. The van der Waals surface area contributed by atoms with Gasteiger partial charge in [-0.15, -0.1) is 0 Å². The highest BCUT2D eigenvalue weighted by atomic mass is 16.5. The van der Waals surface area contributed by atoms with Gasteiger partial charge in [-0.2, -0.15) is 0 Å². The summed E-state index contributed by atoms with van der Waals surface area (Å²) in [7, 11) is 1.30. The average molecular weight is 299 g/mol. The number of ether oxygens (including phenoxy) is 1. The topological polar surface area (TPSA) is 94.3 Å². The number of methoxy groups -OCH3 is 1. The Hall–Kier alpha value is -2.73. The van der Waals surface area contributed by atoms with Gasteiger partial charge in [-0.3, -0.25) is 14.6 Å². The molecule has 1 aromatic heterocycles. The van der Waals surface area contributed by atoms with Crippen molar-refractivity contribution in [1.29, 1.82) is 0 Å². The van der Waals surface area contributed by atoms with Crippen molar-refractivity contribution in [3.05, 3.63) is 59.9 Å². The largest absolute Gasteiger partial charge is 0.468 e. The van der Waals surface area contributed by atoms with Gasteiger partial charge in [0.2, 0.25) is 0 Å². The summed E-state index contributed by atoms with van der Waals surface area (Å²) in [6, 6.07) is 9.82. The van der Waals surface area contributed by atoms with Crippen LogP contribution in [0.3, 0.4) is 0 Å². The van der Waals surface area contributed by atoms with Crippen molar-refractivity contribution < 1.29 is 14.3 Å². The normalized spacial score (nSPS) is 11.5. The van der Waals surface area contributed by atoms with Gasteiger partial charge >= 0.3 is 5.97 Å². The molecule has 0 aliphatic carbocycles. The Balaban J connectivity index is 1.97. The second-order valence-corrected chi connectivity index (χ2v) is 4.73. The predicted octanol–water partition coefficient (Wildman–Crippen LogP) is 1.38. The van der Waals surface area contributed by atoms with Gasteiger partial charge in [-0.25, -0.2) is 0 Å². The molecule has 6 heteroatoms. The van der Waals surface area contributed by atoms with Crippen molar-refractivity contribution in [1.82, 2.24) is 4.98 Å². The maximum atomic E-state index is 12.0. The molecule has 0 spiro atoms. The van der Waals surface area contributed by atoms with Crippen LogP contribution in [0.25, 0.3) is 0 Å². The number of pyridine rings is 1. The van der Waals surface area contributed by atoms with E-state index in [1.54, 1.807) is 30.5 Å². The van der Waals surface area contributed by atoms with Crippen LogP contribution in [0.5, 0.6) is 0 Å². The van der Waals surface area contributed by atoms with Gasteiger partial charge in [0.15, 0.2) is 0 Å². The smallest absolute Gasteiger partial charge is 0.322 e. The zero-order chi connectivity index (χ0) is 15.9. The molecule has 1 amide bonds. The van der Waals surface area contributed by atoms with E-state index in [2.05, 4.69) is 15.0 Å². The fourth-order valence-electron chi connectivity index (χ4n) is 1.91. The summed E-state index contributed by atoms with van der Waals surface area (Å²) in [6.45, 7) is 0. The molecule has 1 unspecified atom stereocenters. The van der Waals surface area contributed by atoms with Gasteiger partial charge in [0.05, 0.1) is 12.7 Å². The standard InChI is InChI=1S/C16H17N3O3/c1-22-16(21)14(17)9-11-4-6-13(7-5-11)19-15(20)12-3-2-8-18-10-12/h2-8,10,14H,9,17H2,1H3,(H,19,20). The molecular formula is C16H17N3O3. The van der Waals surface area contributed by atoms with Crippen LogP contribution in [0.2, 0.25) is 0 Å². The van der Waals surface area contributed by atoms with E-state index >= 15 is 0 Å². The lowest BCUT2D eigenvalue weighted by Gasteiger charge is -2.10. The van der Waals surface area contributed by atoms with E-state index in [4.69, 9.17) is 5.73 Å². The van der Waals surface area contributed by atoms with Crippen molar-refractivity contribution >= 4 is 17.6 Å². The fraction of sp³-hybridized carbons (Fsp3) is 0.188. The van der Waals surface area contributed by atoms with Crippen LogP contribution in [0.4, 0.5) is 5.69 Å². The van der Waals surface area contributed by atoms with Crippen LogP contribution >= 0.6 is 0 Å². The number of amides is 1. The third kappa shape index (κ3) is 4.13. The van der Waals surface area contributed by atoms with Crippen LogP contribution < -0.4 is 11.1 Å². The molecule has 1 atom stereocenters. The summed E-state index contributed by atoms with van der Waals surface area (Å²) in [5.74, 6) is -0.680. The highest BCUT2D eigenvalue weighted by Gasteiger charge is 2.14. The number of rotatable bonds is 5. The highest BCUT2D eigenvalue weighted by Crippen LogP contribution is 2.12. The number of aromatic nitrogens is 1. The highest BCUT2D eigenvalue weighted by molar-refractivity contribution is 6.03. The lowest BCUT2D eigenvalue weighted by atomic mass is 10.1. The lowest BCUT2D eigenvalue weighted by Crippen LogP contribution is -2.33. The number of nitrogens with zero attached hydrogens (tertiary/aromatic N) is 1. The molecule has 0 fully saturated rings. The molecule has 0 saturated carbocycles. The number of hydrogen-bond donors (Lipinski definition) is 2. The van der Waals surface area contributed by atoms with Crippen molar-refractivity contribution in [3.8, 4) is 0 Å². The van der Waals surface area contributed by atoms with Gasteiger partial charge in [0, 0.05) is 18.1 Å². The third-order valence-electron chi connectivity index (χ3n) is 3.10. The van der Waals surface area contributed by atoms with Crippen LogP contribution in [0, 0.1) is 0 Å². The molecular weight excluding hydrogens is 282 g/mol. The number of esters is 1. The molecule has 1 aromatic carbocycles. The fourth-order valence-corrected chi connectivity index (χ4v) is 1.91. The maximum Gasteiger partial charge on any atom is 0.322 e. The Kier molecular flexibility index (Phi) is 5.21. The molecule has 1 heterocycles. The van der Waals surface area contributed by atoms with Crippen LogP contribution in [0.1, 0.15) is 15.9 Å². The number of carbonyl (C=O) groups excluding carboxylic acids is 2. The van der Waals surface area contributed by atoms with E-state index < -0.39 is 12.0 Å². The van der Waals surface area contributed by atoms with Crippen molar-refractivity contribution in [2.75, 3.05) is 12.4 Å². The summed E-state index contributed by atoms with van der Waals surface area (Å²) in [5.41, 5.74) is 7.73. The monoisotopic (exact) mass is 299 g/mol. The Labute approximate surface area is 128 Å². The number of anilines is 1. The van der Waals surface area contributed by atoms with Gasteiger partial charge in [-0.05, 0) is 36.2 Å². The average Bonchev–Trinajstić information content (AvgIpc) is 2.56. The Morgan fingerprint density at radius 2 is 2.00 bits per heavy atom. The number of nitrogens with two attached hydrogens (primary N) is 1. The molecule has 6 nitrogen and oxygen atoms in total. The number of hydrogen-bond acceptors (Lipinski definition) is 5. The van der Waals surface area contributed by atoms with Crippen molar-refractivity contribution in [2.45, 2.75) is 12.5 Å². The first-order valence-electron chi connectivity index (χ1n) is 6.74. The van der Waals surface area contributed by atoms with Gasteiger partial charge in [0.1, 0.15) is 6.04 Å². The van der Waals surface area contributed by atoms with Gasteiger partial charge in [0.25, 0.3) is 5.91 Å². The van der Waals surface area contributed by atoms with E-state index in [0.29, 0.717) is 17.7 Å². The first-order valence-corrected chi connectivity index (χ1v) is 6.74. The molecule has 3 N–H and O–H groups in total. The molecule has 0 radical (unpaired) electrons. The molecule has 0 aliphatic heterocycles. The Bertz CT molecular complexity index is 641. The predicted molar refractivity (Wildman–Crippen MR) is 82.3 cm³/mol. The zero-order valence-corrected chi connectivity index (χ0v) is 12.2. The molecule has 114 valence electrons. The minimum Gasteiger partial charge on any atom is -0.468 e. The molecule has 0 aliphatic rings. The Morgan fingerprint density at radius 3 is 2.59 bits per heavy atom. The summed E-state index contributed by atoms with van der Waals surface area (Å²) in [4.78, 5) is 27.1. The number of carbonyl (C=O) groups is 2. The molecule has 0 bridgehead atoms. The van der Waals surface area contributed by atoms with Crippen molar-refractivity contribution in [3.63, 3.8) is 0 Å². The quantitative estimate of drug-likeness (QED) is 0.813. The Morgan fingerprint density at radius 1 is 1.27 bits per heavy atom. The van der Waals surface area contributed by atoms with E-state index in [-0.39, 0.29) is 5.91 Å². The van der Waals surface area contributed by atoms with Crippen LogP contribution in [0.15, 0.2) is 48.8 Å². The first kappa shape index (κ1) is 15.7. The van der Waals surface area contributed by atoms with E-state index in [1.807, 2.05) is 12.1 Å². The van der Waals surface area contributed by atoms with E-state index in [1.165, 1.54) is 13.3 Å². The molecule has 2 rings (SSSR count). The van der Waals surface area contributed by atoms with Crippen LogP contribution in [-0.4, -0.2) is 30.0 Å².